The molecule has 8 heteroatoms. The minimum Gasteiger partial charge on any atom is -0.334 e. The van der Waals surface area contributed by atoms with E-state index in [9.17, 15) is 4.79 Å². The Morgan fingerprint density at radius 1 is 1.23 bits per heavy atom. The number of H-pyrrole nitrogens is 1. The maximum atomic E-state index is 13.3. The van der Waals surface area contributed by atoms with Crippen molar-refractivity contribution in [3.63, 3.8) is 0 Å². The molecule has 1 atom stereocenters. The van der Waals surface area contributed by atoms with Gasteiger partial charge in [0.05, 0.1) is 0 Å². The lowest BCUT2D eigenvalue weighted by Crippen LogP contribution is -2.51. The van der Waals surface area contributed by atoms with E-state index in [1.807, 2.05) is 36.1 Å². The zero-order chi connectivity index (χ0) is 20.0. The van der Waals surface area contributed by atoms with Crippen LogP contribution in [0.2, 0.25) is 0 Å². The van der Waals surface area contributed by atoms with E-state index in [1.54, 1.807) is 0 Å². The maximum Gasteiger partial charge on any atom is 0.272 e. The summed E-state index contributed by atoms with van der Waals surface area (Å²) >= 11 is 0. The van der Waals surface area contributed by atoms with E-state index in [0.29, 0.717) is 30.5 Å². The van der Waals surface area contributed by atoms with Crippen LogP contribution in [0.25, 0.3) is 10.8 Å². The van der Waals surface area contributed by atoms with Crippen LogP contribution in [0.4, 0.5) is 11.6 Å². The van der Waals surface area contributed by atoms with E-state index in [4.69, 9.17) is 4.98 Å². The average Bonchev–Trinajstić information content (AvgIpc) is 3.48. The molecule has 3 aromatic rings. The lowest BCUT2D eigenvalue weighted by Gasteiger charge is -2.32. The number of aromatic nitrogens is 3. The fourth-order valence-electron chi connectivity index (χ4n) is 4.10. The van der Waals surface area contributed by atoms with Crippen molar-refractivity contribution >= 4 is 40.7 Å². The van der Waals surface area contributed by atoms with Crippen molar-refractivity contribution in [1.29, 1.82) is 0 Å². The highest BCUT2D eigenvalue weighted by Crippen LogP contribution is 2.40. The molecule has 0 unspecified atom stereocenters. The van der Waals surface area contributed by atoms with Crippen molar-refractivity contribution < 1.29 is 4.79 Å². The van der Waals surface area contributed by atoms with Gasteiger partial charge in [-0.2, -0.15) is 5.10 Å². The van der Waals surface area contributed by atoms with Crippen molar-refractivity contribution in [3.8, 4) is 0 Å². The Morgan fingerprint density at radius 2 is 2.00 bits per heavy atom. The van der Waals surface area contributed by atoms with Gasteiger partial charge in [0.1, 0.15) is 11.5 Å². The van der Waals surface area contributed by atoms with Crippen molar-refractivity contribution in [2.45, 2.75) is 38.6 Å². The molecule has 3 heterocycles. The summed E-state index contributed by atoms with van der Waals surface area (Å²) in [7, 11) is 0. The summed E-state index contributed by atoms with van der Waals surface area (Å²) in [5.74, 6) is 2.01. The molecule has 1 aromatic carbocycles. The number of amides is 1. The van der Waals surface area contributed by atoms with Gasteiger partial charge in [-0.15, -0.1) is 12.4 Å². The van der Waals surface area contributed by atoms with Gasteiger partial charge in [-0.3, -0.25) is 9.89 Å². The van der Waals surface area contributed by atoms with Crippen LogP contribution in [0.1, 0.15) is 47.4 Å². The van der Waals surface area contributed by atoms with E-state index >= 15 is 0 Å². The van der Waals surface area contributed by atoms with E-state index in [-0.39, 0.29) is 24.4 Å². The van der Waals surface area contributed by atoms with E-state index in [1.165, 1.54) is 12.8 Å². The summed E-state index contributed by atoms with van der Waals surface area (Å²) in [5, 5.41) is 16.3. The van der Waals surface area contributed by atoms with E-state index < -0.39 is 0 Å². The van der Waals surface area contributed by atoms with E-state index in [2.05, 4.69) is 33.8 Å². The molecule has 0 spiro atoms. The number of piperazine rings is 1. The van der Waals surface area contributed by atoms with Gasteiger partial charge in [0.15, 0.2) is 5.82 Å². The van der Waals surface area contributed by atoms with Crippen LogP contribution in [0.5, 0.6) is 0 Å². The zero-order valence-corrected chi connectivity index (χ0v) is 18.1. The number of aromatic amines is 1. The number of carbonyl (C=O) groups excluding carboxylic acids is 1. The second kappa shape index (κ2) is 8.24. The summed E-state index contributed by atoms with van der Waals surface area (Å²) in [6.45, 7) is 6.28. The van der Waals surface area contributed by atoms with Crippen molar-refractivity contribution in [1.82, 2.24) is 25.4 Å². The Kier molecular flexibility index (Phi) is 5.66. The third kappa shape index (κ3) is 3.87. The second-order valence-electron chi connectivity index (χ2n) is 8.19. The van der Waals surface area contributed by atoms with Crippen LogP contribution in [0.3, 0.4) is 0 Å². The number of pyridine rings is 1. The summed E-state index contributed by atoms with van der Waals surface area (Å²) in [6, 6.07) is 10.4. The zero-order valence-electron chi connectivity index (χ0n) is 17.2. The highest BCUT2D eigenvalue weighted by Gasteiger charge is 2.27. The first-order valence-electron chi connectivity index (χ1n) is 10.3. The lowest BCUT2D eigenvalue weighted by atomic mass is 10.0. The van der Waals surface area contributed by atoms with Crippen molar-refractivity contribution in [2.24, 2.45) is 0 Å². The standard InChI is InChI=1S/C22H26N6O.ClH/c1-13-12-28(10-9-23-13)22(29)20-14(2)16-5-3-4-6-17(16)21(25-20)24-19-11-18(26-27-19)15-7-8-15;/h3-6,11,13,15,23H,7-10,12H2,1-2H3,(H2,24,25,26,27);1H/t13-;/m0./s1. The van der Waals surface area contributed by atoms with Gasteiger partial charge in [0.25, 0.3) is 5.91 Å². The summed E-state index contributed by atoms with van der Waals surface area (Å²) < 4.78 is 0. The predicted octanol–water partition coefficient (Wildman–Crippen LogP) is 3.74. The summed E-state index contributed by atoms with van der Waals surface area (Å²) in [5.41, 5.74) is 2.59. The number of aryl methyl sites for hydroxylation is 1. The number of benzene rings is 1. The molecule has 5 rings (SSSR count). The number of hydrogen-bond donors (Lipinski definition) is 3. The molecule has 1 saturated heterocycles. The topological polar surface area (TPSA) is 85.9 Å². The van der Waals surface area contributed by atoms with Crippen LogP contribution in [0, 0.1) is 6.92 Å². The first kappa shape index (κ1) is 20.6. The maximum absolute atomic E-state index is 13.3. The molecule has 2 aliphatic rings. The average molecular weight is 427 g/mol. The molecule has 1 aliphatic carbocycles. The smallest absolute Gasteiger partial charge is 0.272 e. The third-order valence-electron chi connectivity index (χ3n) is 5.88. The number of fused-ring (bicyclic) bond motifs is 1. The molecule has 0 radical (unpaired) electrons. The predicted molar refractivity (Wildman–Crippen MR) is 121 cm³/mol. The number of rotatable bonds is 4. The van der Waals surface area contributed by atoms with Gasteiger partial charge in [0, 0.05) is 48.7 Å². The fraction of sp³-hybridized carbons (Fsp3) is 0.409. The molecule has 1 amide bonds. The van der Waals surface area contributed by atoms with Gasteiger partial charge >= 0.3 is 0 Å². The van der Waals surface area contributed by atoms with Crippen LogP contribution < -0.4 is 10.6 Å². The Hall–Kier alpha value is -2.64. The molecule has 1 aliphatic heterocycles. The Labute approximate surface area is 182 Å². The lowest BCUT2D eigenvalue weighted by molar-refractivity contribution is 0.0702. The molecule has 2 fully saturated rings. The number of nitrogens with zero attached hydrogens (tertiary/aromatic N) is 3. The number of hydrogen-bond acceptors (Lipinski definition) is 5. The minimum atomic E-state index is -0.00893. The van der Waals surface area contributed by atoms with Gasteiger partial charge in [-0.05, 0) is 37.6 Å². The summed E-state index contributed by atoms with van der Waals surface area (Å²) in [6.07, 6.45) is 2.43. The van der Waals surface area contributed by atoms with Crippen LogP contribution in [-0.4, -0.2) is 51.7 Å². The van der Waals surface area contributed by atoms with Gasteiger partial charge in [0.2, 0.25) is 0 Å². The van der Waals surface area contributed by atoms with Crippen LogP contribution in [0.15, 0.2) is 30.3 Å². The molecule has 3 N–H and O–H groups in total. The highest BCUT2D eigenvalue weighted by molar-refractivity contribution is 6.03. The minimum absolute atomic E-state index is 0. The molecule has 2 aromatic heterocycles. The first-order chi connectivity index (χ1) is 14.1. The molecule has 7 nitrogen and oxygen atoms in total. The Bertz CT molecular complexity index is 1080. The molecule has 30 heavy (non-hydrogen) atoms. The number of carbonyl (C=O) groups is 1. The van der Waals surface area contributed by atoms with Gasteiger partial charge in [-0.25, -0.2) is 4.98 Å². The molecule has 0 bridgehead atoms. The summed E-state index contributed by atoms with van der Waals surface area (Å²) in [4.78, 5) is 20.0. The SMILES string of the molecule is Cc1c(C(=O)N2CCN[C@@H](C)C2)nc(Nc2cc(C3CC3)[nH]n2)c2ccccc12.Cl. The normalized spacial score (nSPS) is 18.9. The third-order valence-corrected chi connectivity index (χ3v) is 5.88. The van der Waals surface area contributed by atoms with E-state index in [0.717, 1.165) is 34.4 Å². The quantitative estimate of drug-likeness (QED) is 0.591. The Morgan fingerprint density at radius 3 is 2.73 bits per heavy atom. The Balaban J connectivity index is 0.00000218. The number of nitrogens with one attached hydrogen (secondary N) is 3. The molecular weight excluding hydrogens is 400 g/mol. The van der Waals surface area contributed by atoms with Crippen LogP contribution >= 0.6 is 12.4 Å². The number of anilines is 2. The second-order valence-corrected chi connectivity index (χ2v) is 8.19. The van der Waals surface area contributed by atoms with Gasteiger partial charge in [-0.1, -0.05) is 24.3 Å². The molecule has 158 valence electrons. The van der Waals surface area contributed by atoms with Crippen molar-refractivity contribution in [3.05, 3.63) is 47.3 Å². The largest absolute Gasteiger partial charge is 0.334 e. The van der Waals surface area contributed by atoms with Crippen molar-refractivity contribution in [2.75, 3.05) is 25.0 Å². The number of halogens is 1. The molecular formula is C22H27ClN6O. The van der Waals surface area contributed by atoms with Gasteiger partial charge < -0.3 is 15.5 Å². The molecule has 1 saturated carbocycles. The first-order valence-corrected chi connectivity index (χ1v) is 10.3. The van der Waals surface area contributed by atoms with Crippen LogP contribution in [-0.2, 0) is 0 Å². The fourth-order valence-corrected chi connectivity index (χ4v) is 4.10. The highest BCUT2D eigenvalue weighted by atomic mass is 35.5. The monoisotopic (exact) mass is 426 g/mol.